The number of halogens is 1. The van der Waals surface area contributed by atoms with Crippen LogP contribution < -0.4 is 5.32 Å². The molecule has 0 spiro atoms. The summed E-state index contributed by atoms with van der Waals surface area (Å²) in [5, 5.41) is 3.39. The van der Waals surface area contributed by atoms with Crippen LogP contribution in [0, 0.1) is 0 Å². The fourth-order valence-corrected chi connectivity index (χ4v) is 4.30. The van der Waals surface area contributed by atoms with Crippen LogP contribution in [0.1, 0.15) is 65.7 Å². The molecule has 0 aliphatic carbocycles. The van der Waals surface area contributed by atoms with E-state index in [0.29, 0.717) is 13.1 Å². The van der Waals surface area contributed by atoms with Crippen molar-refractivity contribution in [3.05, 3.63) is 0 Å². The quantitative estimate of drug-likeness (QED) is 0.254. The van der Waals surface area contributed by atoms with E-state index < -0.39 is 14.6 Å². The molecule has 5 nitrogen and oxygen atoms in total. The summed E-state index contributed by atoms with van der Waals surface area (Å²) >= 11 is 0. The molecule has 0 saturated carbocycles. The van der Waals surface area contributed by atoms with Gasteiger partial charge in [-0.15, -0.1) is 24.0 Å². The molecule has 0 aromatic heterocycles. The first kappa shape index (κ1) is 23.9. The second kappa shape index (κ2) is 11.5. The van der Waals surface area contributed by atoms with Crippen LogP contribution in [-0.4, -0.2) is 56.5 Å². The molecular weight excluding hydrogens is 437 g/mol. The number of aliphatic imine (C=N–C) groups is 1. The van der Waals surface area contributed by atoms with E-state index in [1.165, 1.54) is 38.5 Å². The van der Waals surface area contributed by atoms with Gasteiger partial charge in [0.05, 0.1) is 10.5 Å². The maximum atomic E-state index is 12.1. The third-order valence-electron chi connectivity index (χ3n) is 4.62. The molecule has 0 aromatic rings. The van der Waals surface area contributed by atoms with E-state index in [1.54, 1.807) is 20.9 Å². The van der Waals surface area contributed by atoms with E-state index >= 15 is 0 Å². The second-order valence-electron chi connectivity index (χ2n) is 7.10. The first-order valence-electron chi connectivity index (χ1n) is 9.02. The Kier molecular flexibility index (Phi) is 11.5. The van der Waals surface area contributed by atoms with Crippen molar-refractivity contribution in [2.24, 2.45) is 4.99 Å². The summed E-state index contributed by atoms with van der Waals surface area (Å²) in [5.74, 6) is 1.04. The number of hydrogen-bond acceptors (Lipinski definition) is 3. The largest absolute Gasteiger partial charge is 0.356 e. The van der Waals surface area contributed by atoms with Crippen molar-refractivity contribution in [2.45, 2.75) is 70.5 Å². The van der Waals surface area contributed by atoms with Crippen LogP contribution in [0.2, 0.25) is 0 Å². The summed E-state index contributed by atoms with van der Waals surface area (Å²) < 4.78 is 23.5. The van der Waals surface area contributed by atoms with Crippen LogP contribution in [0.5, 0.6) is 0 Å². The first-order valence-corrected chi connectivity index (χ1v) is 10.7. The standard InChI is InChI=1S/C17H35N3O2S.HI/c1-5-6-7-8-9-10-11-12-19-16(18-4)20-13-14-23(21,22)17(2,3)15-20;/h5-15H2,1-4H3,(H,18,19);1H. The van der Waals surface area contributed by atoms with Crippen molar-refractivity contribution >= 4 is 39.8 Å². The molecule has 0 atom stereocenters. The zero-order valence-corrected chi connectivity index (χ0v) is 19.0. The molecule has 0 aromatic carbocycles. The fourth-order valence-electron chi connectivity index (χ4n) is 2.94. The Labute approximate surface area is 166 Å². The lowest BCUT2D eigenvalue weighted by Gasteiger charge is -2.39. The van der Waals surface area contributed by atoms with Crippen LogP contribution in [-0.2, 0) is 9.84 Å². The average Bonchev–Trinajstić information content (AvgIpc) is 2.49. The highest BCUT2D eigenvalue weighted by atomic mass is 127. The minimum absolute atomic E-state index is 0. The zero-order chi connectivity index (χ0) is 17.3. The number of guanidine groups is 1. The lowest BCUT2D eigenvalue weighted by Crippen LogP contribution is -2.57. The maximum absolute atomic E-state index is 12.1. The number of nitrogens with one attached hydrogen (secondary N) is 1. The zero-order valence-electron chi connectivity index (χ0n) is 15.8. The maximum Gasteiger partial charge on any atom is 0.193 e. The molecule has 1 N–H and O–H groups in total. The van der Waals surface area contributed by atoms with Gasteiger partial charge in [-0.25, -0.2) is 8.42 Å². The Morgan fingerprint density at radius 1 is 1.12 bits per heavy atom. The highest BCUT2D eigenvalue weighted by Gasteiger charge is 2.40. The normalized spacial score (nSPS) is 19.7. The molecule has 0 amide bonds. The van der Waals surface area contributed by atoms with Gasteiger partial charge in [0.25, 0.3) is 0 Å². The smallest absolute Gasteiger partial charge is 0.193 e. The Morgan fingerprint density at radius 2 is 1.71 bits per heavy atom. The van der Waals surface area contributed by atoms with E-state index in [-0.39, 0.29) is 29.7 Å². The SMILES string of the molecule is CCCCCCCCCNC(=NC)N1CCS(=O)(=O)C(C)(C)C1.I. The first-order chi connectivity index (χ1) is 10.8. The van der Waals surface area contributed by atoms with Crippen molar-refractivity contribution in [1.82, 2.24) is 10.2 Å². The van der Waals surface area contributed by atoms with E-state index in [1.807, 2.05) is 0 Å². The summed E-state index contributed by atoms with van der Waals surface area (Å²) in [4.78, 5) is 6.39. The number of sulfone groups is 1. The minimum Gasteiger partial charge on any atom is -0.356 e. The van der Waals surface area contributed by atoms with Gasteiger partial charge in [-0.3, -0.25) is 4.99 Å². The molecule has 7 heteroatoms. The Morgan fingerprint density at radius 3 is 2.25 bits per heavy atom. The molecule has 1 heterocycles. The van der Waals surface area contributed by atoms with E-state index in [0.717, 1.165) is 18.9 Å². The molecule has 144 valence electrons. The van der Waals surface area contributed by atoms with Gasteiger partial charge >= 0.3 is 0 Å². The highest BCUT2D eigenvalue weighted by Crippen LogP contribution is 2.23. The van der Waals surface area contributed by atoms with E-state index in [2.05, 4.69) is 22.1 Å². The van der Waals surface area contributed by atoms with Crippen LogP contribution in [0.15, 0.2) is 4.99 Å². The number of unbranched alkanes of at least 4 members (excludes halogenated alkanes) is 6. The monoisotopic (exact) mass is 473 g/mol. The molecule has 1 saturated heterocycles. The van der Waals surface area contributed by atoms with Gasteiger partial charge in [0, 0.05) is 26.7 Å². The second-order valence-corrected chi connectivity index (χ2v) is 9.84. The number of hydrogen-bond donors (Lipinski definition) is 1. The molecular formula is C17H36IN3O2S. The lowest BCUT2D eigenvalue weighted by atomic mass is 10.1. The average molecular weight is 473 g/mol. The predicted molar refractivity (Wildman–Crippen MR) is 114 cm³/mol. The molecule has 1 rings (SSSR count). The summed E-state index contributed by atoms with van der Waals surface area (Å²) in [6.45, 7) is 7.79. The Bertz CT molecular complexity index is 478. The van der Waals surface area contributed by atoms with Crippen LogP contribution in [0.4, 0.5) is 0 Å². The lowest BCUT2D eigenvalue weighted by molar-refractivity contribution is 0.353. The predicted octanol–water partition coefficient (Wildman–Crippen LogP) is 3.44. The van der Waals surface area contributed by atoms with E-state index in [4.69, 9.17) is 0 Å². The van der Waals surface area contributed by atoms with Crippen molar-refractivity contribution in [3.63, 3.8) is 0 Å². The molecule has 1 fully saturated rings. The summed E-state index contributed by atoms with van der Waals surface area (Å²) in [6, 6.07) is 0. The minimum atomic E-state index is -3.00. The van der Waals surface area contributed by atoms with E-state index in [9.17, 15) is 8.42 Å². The topological polar surface area (TPSA) is 61.8 Å². The highest BCUT2D eigenvalue weighted by molar-refractivity contribution is 14.0. The van der Waals surface area contributed by atoms with Gasteiger partial charge in [-0.05, 0) is 20.3 Å². The van der Waals surface area contributed by atoms with Crippen LogP contribution in [0.25, 0.3) is 0 Å². The molecule has 1 aliphatic rings. The molecule has 24 heavy (non-hydrogen) atoms. The van der Waals surface area contributed by atoms with Gasteiger partial charge in [0.1, 0.15) is 0 Å². The van der Waals surface area contributed by atoms with Crippen LogP contribution in [0.3, 0.4) is 0 Å². The van der Waals surface area contributed by atoms with Gasteiger partial charge < -0.3 is 10.2 Å². The Hall–Kier alpha value is -0.0500. The number of nitrogens with zero attached hydrogens (tertiary/aromatic N) is 2. The van der Waals surface area contributed by atoms with Crippen molar-refractivity contribution in [3.8, 4) is 0 Å². The molecule has 1 aliphatic heterocycles. The van der Waals surface area contributed by atoms with Gasteiger partial charge in [-0.1, -0.05) is 45.4 Å². The van der Waals surface area contributed by atoms with Gasteiger partial charge in [0.2, 0.25) is 0 Å². The van der Waals surface area contributed by atoms with Crippen molar-refractivity contribution < 1.29 is 8.42 Å². The Balaban J connectivity index is 0.00000529. The summed E-state index contributed by atoms with van der Waals surface area (Å²) in [5.41, 5.74) is 0. The third-order valence-corrected chi connectivity index (χ3v) is 7.15. The molecule has 0 radical (unpaired) electrons. The summed E-state index contributed by atoms with van der Waals surface area (Å²) in [6.07, 6.45) is 9.01. The summed E-state index contributed by atoms with van der Waals surface area (Å²) in [7, 11) is -1.23. The third kappa shape index (κ3) is 7.45. The van der Waals surface area contributed by atoms with Gasteiger partial charge in [0.15, 0.2) is 15.8 Å². The van der Waals surface area contributed by atoms with Crippen molar-refractivity contribution in [1.29, 1.82) is 0 Å². The van der Waals surface area contributed by atoms with Crippen LogP contribution >= 0.6 is 24.0 Å². The van der Waals surface area contributed by atoms with Gasteiger partial charge in [-0.2, -0.15) is 0 Å². The van der Waals surface area contributed by atoms with Crippen molar-refractivity contribution in [2.75, 3.05) is 32.4 Å². The molecule has 0 unspecified atom stereocenters. The fraction of sp³-hybridized carbons (Fsp3) is 0.941. The molecule has 0 bridgehead atoms. The number of rotatable bonds is 8.